The van der Waals surface area contributed by atoms with Gasteiger partial charge in [-0.1, -0.05) is 12.8 Å². The molecule has 0 aromatic carbocycles. The number of hydrogen-bond donors (Lipinski definition) is 1. The van der Waals surface area contributed by atoms with Crippen molar-refractivity contribution in [3.05, 3.63) is 24.2 Å². The molecule has 1 aliphatic carbocycles. The van der Waals surface area contributed by atoms with Gasteiger partial charge in [0.15, 0.2) is 0 Å². The largest absolute Gasteiger partial charge is 0.467 e. The van der Waals surface area contributed by atoms with Crippen LogP contribution in [0.5, 0.6) is 0 Å². The van der Waals surface area contributed by atoms with Crippen molar-refractivity contribution in [1.82, 2.24) is 0 Å². The standard InChI is InChI=1S/C9H13NO/c10-9(5-1-2-6-9)8-4-3-7-11-8/h3-4,7H,1-2,5-6,10H2. The van der Waals surface area contributed by atoms with Gasteiger partial charge < -0.3 is 10.2 Å². The molecule has 1 fully saturated rings. The number of nitrogens with two attached hydrogens (primary N) is 1. The quantitative estimate of drug-likeness (QED) is 0.666. The topological polar surface area (TPSA) is 39.2 Å². The van der Waals surface area contributed by atoms with Crippen LogP contribution in [0.4, 0.5) is 0 Å². The zero-order chi connectivity index (χ0) is 7.73. The molecule has 11 heavy (non-hydrogen) atoms. The molecule has 60 valence electrons. The van der Waals surface area contributed by atoms with Gasteiger partial charge in [-0.15, -0.1) is 0 Å². The van der Waals surface area contributed by atoms with Crippen molar-refractivity contribution >= 4 is 0 Å². The normalized spacial score (nSPS) is 22.3. The first kappa shape index (κ1) is 6.92. The molecule has 1 aromatic heterocycles. The van der Waals surface area contributed by atoms with Crippen LogP contribution in [0.1, 0.15) is 31.4 Å². The summed E-state index contributed by atoms with van der Waals surface area (Å²) >= 11 is 0. The third kappa shape index (κ3) is 1.07. The summed E-state index contributed by atoms with van der Waals surface area (Å²) in [4.78, 5) is 0. The first-order valence-corrected chi connectivity index (χ1v) is 4.14. The summed E-state index contributed by atoms with van der Waals surface area (Å²) in [6, 6.07) is 3.88. The molecule has 0 spiro atoms. The molecule has 0 radical (unpaired) electrons. The van der Waals surface area contributed by atoms with E-state index in [4.69, 9.17) is 10.2 Å². The van der Waals surface area contributed by atoms with E-state index in [1.807, 2.05) is 12.1 Å². The van der Waals surface area contributed by atoms with Crippen molar-refractivity contribution in [3.8, 4) is 0 Å². The first-order chi connectivity index (χ1) is 5.31. The second-order valence-electron chi connectivity index (χ2n) is 3.34. The highest BCUT2D eigenvalue weighted by Gasteiger charge is 2.33. The second kappa shape index (κ2) is 2.38. The van der Waals surface area contributed by atoms with Crippen LogP contribution < -0.4 is 5.73 Å². The van der Waals surface area contributed by atoms with Crippen molar-refractivity contribution in [2.75, 3.05) is 0 Å². The third-order valence-corrected chi connectivity index (χ3v) is 2.51. The molecule has 0 bridgehead atoms. The molecule has 0 aliphatic heterocycles. The van der Waals surface area contributed by atoms with E-state index in [-0.39, 0.29) is 5.54 Å². The van der Waals surface area contributed by atoms with E-state index in [9.17, 15) is 0 Å². The van der Waals surface area contributed by atoms with Gasteiger partial charge in [0.05, 0.1) is 11.8 Å². The van der Waals surface area contributed by atoms with Gasteiger partial charge in [0.25, 0.3) is 0 Å². The van der Waals surface area contributed by atoms with Gasteiger partial charge in [0.1, 0.15) is 5.76 Å². The number of rotatable bonds is 1. The average molecular weight is 151 g/mol. The van der Waals surface area contributed by atoms with Crippen molar-refractivity contribution in [1.29, 1.82) is 0 Å². The van der Waals surface area contributed by atoms with Crippen molar-refractivity contribution < 1.29 is 4.42 Å². The minimum absolute atomic E-state index is 0.149. The molecule has 1 aliphatic rings. The lowest BCUT2D eigenvalue weighted by Crippen LogP contribution is -2.32. The summed E-state index contributed by atoms with van der Waals surface area (Å²) in [6.45, 7) is 0. The van der Waals surface area contributed by atoms with E-state index in [1.54, 1.807) is 6.26 Å². The van der Waals surface area contributed by atoms with Gasteiger partial charge in [-0.05, 0) is 25.0 Å². The predicted octanol–water partition coefficient (Wildman–Crippen LogP) is 2.01. The smallest absolute Gasteiger partial charge is 0.123 e. The highest BCUT2D eigenvalue weighted by atomic mass is 16.3. The van der Waals surface area contributed by atoms with Crippen LogP contribution in [0.25, 0.3) is 0 Å². The Morgan fingerprint density at radius 1 is 1.36 bits per heavy atom. The molecule has 2 heteroatoms. The van der Waals surface area contributed by atoms with Gasteiger partial charge in [0.2, 0.25) is 0 Å². The lowest BCUT2D eigenvalue weighted by Gasteiger charge is -2.19. The SMILES string of the molecule is NC1(c2ccco2)CCCC1. The van der Waals surface area contributed by atoms with E-state index in [2.05, 4.69) is 0 Å². The highest BCUT2D eigenvalue weighted by molar-refractivity contribution is 5.13. The summed E-state index contributed by atoms with van der Waals surface area (Å²) in [5.74, 6) is 0.954. The van der Waals surface area contributed by atoms with E-state index >= 15 is 0 Å². The van der Waals surface area contributed by atoms with E-state index in [1.165, 1.54) is 12.8 Å². The predicted molar refractivity (Wildman–Crippen MR) is 43.0 cm³/mol. The molecule has 1 saturated carbocycles. The molecule has 0 saturated heterocycles. The Hall–Kier alpha value is -0.760. The van der Waals surface area contributed by atoms with Crippen LogP contribution in [0.2, 0.25) is 0 Å². The zero-order valence-electron chi connectivity index (χ0n) is 6.55. The first-order valence-electron chi connectivity index (χ1n) is 4.14. The number of hydrogen-bond acceptors (Lipinski definition) is 2. The minimum Gasteiger partial charge on any atom is -0.467 e. The molecule has 1 heterocycles. The molecule has 2 N–H and O–H groups in total. The lowest BCUT2D eigenvalue weighted by molar-refractivity contribution is 0.350. The Balaban J connectivity index is 2.27. The van der Waals surface area contributed by atoms with Crippen molar-refractivity contribution in [2.45, 2.75) is 31.2 Å². The lowest BCUT2D eigenvalue weighted by atomic mass is 9.96. The van der Waals surface area contributed by atoms with Crippen LogP contribution >= 0.6 is 0 Å². The van der Waals surface area contributed by atoms with Gasteiger partial charge >= 0.3 is 0 Å². The van der Waals surface area contributed by atoms with Crippen LogP contribution in [0.3, 0.4) is 0 Å². The molecular formula is C9H13NO. The second-order valence-corrected chi connectivity index (χ2v) is 3.34. The maximum absolute atomic E-state index is 6.13. The summed E-state index contributed by atoms with van der Waals surface area (Å²) in [5, 5.41) is 0. The van der Waals surface area contributed by atoms with E-state index < -0.39 is 0 Å². The molecule has 0 atom stereocenters. The maximum atomic E-state index is 6.13. The Morgan fingerprint density at radius 3 is 2.64 bits per heavy atom. The third-order valence-electron chi connectivity index (χ3n) is 2.51. The Morgan fingerprint density at radius 2 is 2.09 bits per heavy atom. The van der Waals surface area contributed by atoms with Crippen LogP contribution in [0.15, 0.2) is 22.8 Å². The average Bonchev–Trinajstić information content (AvgIpc) is 2.55. The van der Waals surface area contributed by atoms with Gasteiger partial charge in [-0.3, -0.25) is 0 Å². The van der Waals surface area contributed by atoms with Crippen LogP contribution in [0, 0.1) is 0 Å². The molecule has 2 nitrogen and oxygen atoms in total. The van der Waals surface area contributed by atoms with Crippen molar-refractivity contribution in [3.63, 3.8) is 0 Å². The summed E-state index contributed by atoms with van der Waals surface area (Å²) in [6.07, 6.45) is 6.30. The summed E-state index contributed by atoms with van der Waals surface area (Å²) in [5.41, 5.74) is 5.98. The van der Waals surface area contributed by atoms with Gasteiger partial charge in [0, 0.05) is 0 Å². The summed E-state index contributed by atoms with van der Waals surface area (Å²) < 4.78 is 5.30. The molecule has 1 aromatic rings. The molecule has 0 amide bonds. The van der Waals surface area contributed by atoms with Crippen LogP contribution in [-0.4, -0.2) is 0 Å². The maximum Gasteiger partial charge on any atom is 0.123 e. The summed E-state index contributed by atoms with van der Waals surface area (Å²) in [7, 11) is 0. The molecule has 0 unspecified atom stereocenters. The fourth-order valence-corrected chi connectivity index (χ4v) is 1.81. The number of furan rings is 1. The van der Waals surface area contributed by atoms with Gasteiger partial charge in [-0.2, -0.15) is 0 Å². The highest BCUT2D eigenvalue weighted by Crippen LogP contribution is 2.36. The fourth-order valence-electron chi connectivity index (χ4n) is 1.81. The Kier molecular flexibility index (Phi) is 1.50. The van der Waals surface area contributed by atoms with E-state index in [0.717, 1.165) is 18.6 Å². The Bertz CT molecular complexity index is 222. The molecular weight excluding hydrogens is 138 g/mol. The van der Waals surface area contributed by atoms with Gasteiger partial charge in [-0.25, -0.2) is 0 Å². The van der Waals surface area contributed by atoms with Crippen LogP contribution in [-0.2, 0) is 5.54 Å². The monoisotopic (exact) mass is 151 g/mol. The fraction of sp³-hybridized carbons (Fsp3) is 0.556. The van der Waals surface area contributed by atoms with Crippen molar-refractivity contribution in [2.24, 2.45) is 5.73 Å². The minimum atomic E-state index is -0.149. The zero-order valence-corrected chi connectivity index (χ0v) is 6.55. The van der Waals surface area contributed by atoms with E-state index in [0.29, 0.717) is 0 Å². The molecule has 2 rings (SSSR count). The Labute approximate surface area is 66.4 Å².